The van der Waals surface area contributed by atoms with E-state index in [0.717, 1.165) is 25.1 Å². The first-order valence-corrected chi connectivity index (χ1v) is 7.18. The van der Waals surface area contributed by atoms with E-state index in [2.05, 4.69) is 16.9 Å². The second-order valence-corrected chi connectivity index (χ2v) is 5.52. The summed E-state index contributed by atoms with van der Waals surface area (Å²) in [6.45, 7) is 6.06. The minimum atomic E-state index is -0.219. The Balaban J connectivity index is 2.35. The number of aromatic nitrogens is 2. The molecule has 2 rings (SSSR count). The van der Waals surface area contributed by atoms with Crippen molar-refractivity contribution < 1.29 is 0 Å². The van der Waals surface area contributed by atoms with Gasteiger partial charge in [0.2, 0.25) is 0 Å². The average molecular weight is 285 g/mol. The van der Waals surface area contributed by atoms with Gasteiger partial charge < -0.3 is 10.6 Å². The van der Waals surface area contributed by atoms with Crippen molar-refractivity contribution in [2.75, 3.05) is 18.0 Å². The maximum Gasteiger partial charge on any atom is 0.287 e. The van der Waals surface area contributed by atoms with Gasteiger partial charge in [-0.1, -0.05) is 11.6 Å². The molecule has 106 valence electrons. The van der Waals surface area contributed by atoms with Gasteiger partial charge in [-0.15, -0.1) is 0 Å². The number of piperidine rings is 1. The Hall–Kier alpha value is -1.07. The lowest BCUT2D eigenvalue weighted by molar-refractivity contribution is 0.373. The average Bonchev–Trinajstić information content (AvgIpc) is 2.43. The van der Waals surface area contributed by atoms with Gasteiger partial charge in [0.05, 0.1) is 11.9 Å². The fourth-order valence-electron chi connectivity index (χ4n) is 2.59. The van der Waals surface area contributed by atoms with Crippen LogP contribution in [0, 0.1) is 5.92 Å². The summed E-state index contributed by atoms with van der Waals surface area (Å²) in [6, 6.07) is 0.360. The first kappa shape index (κ1) is 14.3. The number of halogens is 1. The van der Waals surface area contributed by atoms with Gasteiger partial charge in [-0.3, -0.25) is 4.79 Å². The highest BCUT2D eigenvalue weighted by Crippen LogP contribution is 2.30. The van der Waals surface area contributed by atoms with E-state index >= 15 is 0 Å². The molecule has 0 saturated carbocycles. The lowest BCUT2D eigenvalue weighted by atomic mass is 9.93. The maximum absolute atomic E-state index is 12.0. The predicted octanol–water partition coefficient (Wildman–Crippen LogP) is 1.48. The standard InChI is InChI=1S/C13H21ClN4O/c1-3-18-13(19)12(14)11(7-16-18)17-8-10(6-15)5-4-9(17)2/h7,9-10H,3-6,8,15H2,1-2H3. The van der Waals surface area contributed by atoms with Crippen LogP contribution in [0.15, 0.2) is 11.0 Å². The van der Waals surface area contributed by atoms with Gasteiger partial charge >= 0.3 is 0 Å². The molecular formula is C13H21ClN4O. The van der Waals surface area contributed by atoms with Crippen LogP contribution in [-0.4, -0.2) is 28.9 Å². The topological polar surface area (TPSA) is 64.2 Å². The van der Waals surface area contributed by atoms with Gasteiger partial charge in [0.15, 0.2) is 0 Å². The van der Waals surface area contributed by atoms with Crippen LogP contribution in [0.5, 0.6) is 0 Å². The van der Waals surface area contributed by atoms with Gasteiger partial charge in [0, 0.05) is 19.1 Å². The summed E-state index contributed by atoms with van der Waals surface area (Å²) < 4.78 is 1.38. The van der Waals surface area contributed by atoms with Gasteiger partial charge in [-0.25, -0.2) is 4.68 Å². The fraction of sp³-hybridized carbons (Fsp3) is 0.692. The molecule has 1 aromatic rings. The van der Waals surface area contributed by atoms with Gasteiger partial charge in [-0.2, -0.15) is 5.10 Å². The zero-order valence-corrected chi connectivity index (χ0v) is 12.2. The zero-order chi connectivity index (χ0) is 14.0. The van der Waals surface area contributed by atoms with E-state index in [4.69, 9.17) is 17.3 Å². The molecule has 2 heterocycles. The molecule has 1 aromatic heterocycles. The highest BCUT2D eigenvalue weighted by Gasteiger charge is 2.27. The van der Waals surface area contributed by atoms with Crippen molar-refractivity contribution in [3.8, 4) is 0 Å². The van der Waals surface area contributed by atoms with Gasteiger partial charge in [0.1, 0.15) is 5.02 Å². The predicted molar refractivity (Wildman–Crippen MR) is 77.8 cm³/mol. The molecule has 0 aromatic carbocycles. The largest absolute Gasteiger partial charge is 0.366 e. The molecule has 0 aliphatic carbocycles. The highest BCUT2D eigenvalue weighted by atomic mass is 35.5. The number of nitrogens with two attached hydrogens (primary N) is 1. The first-order chi connectivity index (χ1) is 9.08. The summed E-state index contributed by atoms with van der Waals surface area (Å²) in [7, 11) is 0. The number of anilines is 1. The molecule has 2 unspecified atom stereocenters. The molecule has 0 amide bonds. The Bertz CT molecular complexity index is 502. The lowest BCUT2D eigenvalue weighted by Gasteiger charge is -2.39. The molecule has 6 heteroatoms. The molecule has 1 aliphatic heterocycles. The van der Waals surface area contributed by atoms with E-state index in [1.54, 1.807) is 6.20 Å². The molecule has 0 radical (unpaired) electrons. The van der Waals surface area contributed by atoms with Crippen LogP contribution in [0.2, 0.25) is 5.02 Å². The highest BCUT2D eigenvalue weighted by molar-refractivity contribution is 6.33. The smallest absolute Gasteiger partial charge is 0.287 e. The molecule has 0 spiro atoms. The number of hydrogen-bond acceptors (Lipinski definition) is 4. The Kier molecular flexibility index (Phi) is 4.47. The van der Waals surface area contributed by atoms with E-state index in [1.807, 2.05) is 6.92 Å². The second-order valence-electron chi connectivity index (χ2n) is 5.15. The Morgan fingerprint density at radius 1 is 1.53 bits per heavy atom. The van der Waals surface area contributed by atoms with Crippen LogP contribution < -0.4 is 16.2 Å². The third kappa shape index (κ3) is 2.77. The molecule has 19 heavy (non-hydrogen) atoms. The van der Waals surface area contributed by atoms with E-state index in [1.165, 1.54) is 4.68 Å². The third-order valence-electron chi connectivity index (χ3n) is 3.89. The van der Waals surface area contributed by atoms with E-state index in [9.17, 15) is 4.79 Å². The Morgan fingerprint density at radius 3 is 2.89 bits per heavy atom. The molecule has 1 aliphatic rings. The van der Waals surface area contributed by atoms with E-state index in [0.29, 0.717) is 25.0 Å². The SMILES string of the molecule is CCn1ncc(N2CC(CN)CCC2C)c(Cl)c1=O. The Morgan fingerprint density at radius 2 is 2.26 bits per heavy atom. The van der Waals surface area contributed by atoms with Crippen LogP contribution in [0.3, 0.4) is 0 Å². The summed E-state index contributed by atoms with van der Waals surface area (Å²) in [6.07, 6.45) is 3.89. The molecule has 2 N–H and O–H groups in total. The molecular weight excluding hydrogens is 264 g/mol. The summed E-state index contributed by atoms with van der Waals surface area (Å²) in [5.74, 6) is 0.459. The minimum absolute atomic E-state index is 0.219. The number of rotatable bonds is 3. The normalized spacial score (nSPS) is 23.7. The van der Waals surface area contributed by atoms with Crippen molar-refractivity contribution in [2.24, 2.45) is 11.7 Å². The minimum Gasteiger partial charge on any atom is -0.366 e. The van der Waals surface area contributed by atoms with Crippen LogP contribution in [0.25, 0.3) is 0 Å². The van der Waals surface area contributed by atoms with E-state index in [-0.39, 0.29) is 10.6 Å². The van der Waals surface area contributed by atoms with Crippen molar-refractivity contribution in [3.05, 3.63) is 21.6 Å². The van der Waals surface area contributed by atoms with Crippen molar-refractivity contribution in [1.29, 1.82) is 0 Å². The lowest BCUT2D eigenvalue weighted by Crippen LogP contribution is -2.45. The van der Waals surface area contributed by atoms with Crippen molar-refractivity contribution in [1.82, 2.24) is 9.78 Å². The molecule has 1 saturated heterocycles. The molecule has 5 nitrogen and oxygen atoms in total. The monoisotopic (exact) mass is 284 g/mol. The fourth-order valence-corrected chi connectivity index (χ4v) is 2.85. The van der Waals surface area contributed by atoms with Gasteiger partial charge in [0.25, 0.3) is 5.56 Å². The number of aryl methyl sites for hydroxylation is 1. The summed E-state index contributed by atoms with van der Waals surface area (Å²) in [5.41, 5.74) is 6.28. The number of hydrogen-bond donors (Lipinski definition) is 1. The van der Waals surface area contributed by atoms with Crippen molar-refractivity contribution >= 4 is 17.3 Å². The quantitative estimate of drug-likeness (QED) is 0.913. The maximum atomic E-state index is 12.0. The van der Waals surface area contributed by atoms with E-state index < -0.39 is 0 Å². The van der Waals surface area contributed by atoms with Crippen LogP contribution >= 0.6 is 11.6 Å². The third-order valence-corrected chi connectivity index (χ3v) is 4.24. The molecule has 2 atom stereocenters. The van der Waals surface area contributed by atoms with Crippen LogP contribution in [0.4, 0.5) is 5.69 Å². The zero-order valence-electron chi connectivity index (χ0n) is 11.5. The van der Waals surface area contributed by atoms with Gasteiger partial charge in [-0.05, 0) is 39.2 Å². The molecule has 0 bridgehead atoms. The summed E-state index contributed by atoms with van der Waals surface area (Å²) >= 11 is 6.22. The number of nitrogens with zero attached hydrogens (tertiary/aromatic N) is 3. The molecule has 1 fully saturated rings. The van der Waals surface area contributed by atoms with Crippen molar-refractivity contribution in [2.45, 2.75) is 39.3 Å². The van der Waals surface area contributed by atoms with Crippen LogP contribution in [-0.2, 0) is 6.54 Å². The Labute approximate surface area is 118 Å². The first-order valence-electron chi connectivity index (χ1n) is 6.80. The summed E-state index contributed by atoms with van der Waals surface area (Å²) in [5, 5.41) is 4.43. The van der Waals surface area contributed by atoms with Crippen LogP contribution in [0.1, 0.15) is 26.7 Å². The second kappa shape index (κ2) is 5.92. The summed E-state index contributed by atoms with van der Waals surface area (Å²) in [4.78, 5) is 14.2. The van der Waals surface area contributed by atoms with Crippen molar-refractivity contribution in [3.63, 3.8) is 0 Å².